The Morgan fingerprint density at radius 1 is 1.11 bits per heavy atom. The third-order valence-corrected chi connectivity index (χ3v) is 5.58. The monoisotopic (exact) mass is 363 g/mol. The van der Waals surface area contributed by atoms with Crippen LogP contribution in [-0.4, -0.2) is 36.5 Å². The number of fused-ring (bicyclic) bond motifs is 2. The van der Waals surface area contributed by atoms with Gasteiger partial charge in [-0.2, -0.15) is 0 Å². The molecule has 0 saturated carbocycles. The number of rotatable bonds is 2. The molecular formula is C22H25N3O2. The second kappa shape index (κ2) is 7.06. The Labute approximate surface area is 160 Å². The summed E-state index contributed by atoms with van der Waals surface area (Å²) in [6, 6.07) is 13.1. The summed E-state index contributed by atoms with van der Waals surface area (Å²) >= 11 is 0. The van der Waals surface area contributed by atoms with Gasteiger partial charge in [-0.05, 0) is 62.1 Å². The first kappa shape index (κ1) is 17.6. The summed E-state index contributed by atoms with van der Waals surface area (Å²) in [5.74, 6) is -0.0758. The van der Waals surface area contributed by atoms with Gasteiger partial charge in [0.25, 0.3) is 11.8 Å². The van der Waals surface area contributed by atoms with Crippen LogP contribution in [0.5, 0.6) is 0 Å². The van der Waals surface area contributed by atoms with Gasteiger partial charge < -0.3 is 15.1 Å². The molecule has 0 aromatic heterocycles. The molecule has 0 bridgehead atoms. The number of aryl methyl sites for hydroxylation is 1. The molecule has 2 aromatic rings. The zero-order chi connectivity index (χ0) is 19.0. The summed E-state index contributed by atoms with van der Waals surface area (Å²) < 4.78 is 0. The fourth-order valence-corrected chi connectivity index (χ4v) is 4.12. The number of benzene rings is 2. The van der Waals surface area contributed by atoms with Crippen molar-refractivity contribution >= 4 is 23.2 Å². The van der Waals surface area contributed by atoms with Crippen molar-refractivity contribution in [2.24, 2.45) is 0 Å². The molecule has 5 heteroatoms. The van der Waals surface area contributed by atoms with E-state index in [0.29, 0.717) is 11.1 Å². The van der Waals surface area contributed by atoms with Crippen LogP contribution in [0.1, 0.15) is 52.0 Å². The number of hydrogen-bond acceptors (Lipinski definition) is 3. The molecule has 2 aromatic carbocycles. The first-order valence-electron chi connectivity index (χ1n) is 9.60. The van der Waals surface area contributed by atoms with E-state index in [1.807, 2.05) is 49.2 Å². The highest BCUT2D eigenvalue weighted by molar-refractivity contribution is 6.08. The molecule has 2 aliphatic rings. The molecule has 2 heterocycles. The molecule has 1 unspecified atom stereocenters. The Kier molecular flexibility index (Phi) is 4.60. The van der Waals surface area contributed by atoms with Crippen LogP contribution >= 0.6 is 0 Å². The molecule has 1 saturated heterocycles. The van der Waals surface area contributed by atoms with Gasteiger partial charge in [0.05, 0.1) is 11.3 Å². The minimum atomic E-state index is -0.160. The molecule has 0 spiro atoms. The van der Waals surface area contributed by atoms with Gasteiger partial charge in [0.2, 0.25) is 0 Å². The standard InChI is InChI=1S/C22H25N3O2/c1-15-7-6-8-17(13-15)23-21(26)16-10-11-18-19(14-16)24(2)20-9-4-3-5-12-25(20)22(18)27/h6-8,10-11,13-14,20H,3-5,9,12H2,1-2H3,(H,23,26). The first-order chi connectivity index (χ1) is 13.0. The highest BCUT2D eigenvalue weighted by Gasteiger charge is 2.36. The maximum absolute atomic E-state index is 13.0. The SMILES string of the molecule is Cc1cccc(NC(=O)c2ccc3c(c2)N(C)C2CCCCCN2C3=O)c1. The predicted octanol–water partition coefficient (Wildman–Crippen LogP) is 4.04. The third-order valence-electron chi connectivity index (χ3n) is 5.58. The number of carbonyl (C=O) groups is 2. The summed E-state index contributed by atoms with van der Waals surface area (Å²) in [6.45, 7) is 2.80. The third kappa shape index (κ3) is 3.29. The largest absolute Gasteiger partial charge is 0.354 e. The van der Waals surface area contributed by atoms with Gasteiger partial charge in [-0.25, -0.2) is 0 Å². The number of amides is 2. The van der Waals surface area contributed by atoms with Crippen molar-refractivity contribution in [1.29, 1.82) is 0 Å². The highest BCUT2D eigenvalue weighted by Crippen LogP contribution is 2.34. The molecule has 4 rings (SSSR count). The van der Waals surface area contributed by atoms with Crippen molar-refractivity contribution in [3.8, 4) is 0 Å². The van der Waals surface area contributed by atoms with Crippen LogP contribution in [0.3, 0.4) is 0 Å². The summed E-state index contributed by atoms with van der Waals surface area (Å²) in [6.07, 6.45) is 4.41. The van der Waals surface area contributed by atoms with E-state index in [1.165, 1.54) is 0 Å². The van der Waals surface area contributed by atoms with Crippen LogP contribution in [0, 0.1) is 6.92 Å². The topological polar surface area (TPSA) is 52.7 Å². The van der Waals surface area contributed by atoms with Crippen molar-refractivity contribution in [2.75, 3.05) is 23.8 Å². The minimum absolute atomic E-state index is 0.0839. The van der Waals surface area contributed by atoms with E-state index in [9.17, 15) is 9.59 Å². The molecule has 2 amide bonds. The smallest absolute Gasteiger partial charge is 0.257 e. The molecule has 2 aliphatic heterocycles. The molecule has 5 nitrogen and oxygen atoms in total. The summed E-state index contributed by atoms with van der Waals surface area (Å²) in [5, 5.41) is 2.95. The zero-order valence-electron chi connectivity index (χ0n) is 15.9. The molecular weight excluding hydrogens is 338 g/mol. The van der Waals surface area contributed by atoms with Gasteiger partial charge >= 0.3 is 0 Å². The van der Waals surface area contributed by atoms with Crippen LogP contribution in [-0.2, 0) is 0 Å². The van der Waals surface area contributed by atoms with E-state index in [4.69, 9.17) is 0 Å². The number of nitrogens with one attached hydrogen (secondary N) is 1. The second-order valence-corrected chi connectivity index (χ2v) is 7.49. The summed E-state index contributed by atoms with van der Waals surface area (Å²) in [4.78, 5) is 29.8. The number of anilines is 2. The van der Waals surface area contributed by atoms with E-state index in [2.05, 4.69) is 10.2 Å². The lowest BCUT2D eigenvalue weighted by Crippen LogP contribution is -2.53. The van der Waals surface area contributed by atoms with Crippen molar-refractivity contribution in [1.82, 2.24) is 4.90 Å². The lowest BCUT2D eigenvalue weighted by Gasteiger charge is -2.43. The quantitative estimate of drug-likeness (QED) is 0.876. The van der Waals surface area contributed by atoms with Gasteiger partial charge in [-0.3, -0.25) is 9.59 Å². The van der Waals surface area contributed by atoms with Gasteiger partial charge in [-0.15, -0.1) is 0 Å². The van der Waals surface area contributed by atoms with Gasteiger partial charge in [0.1, 0.15) is 6.17 Å². The Morgan fingerprint density at radius 3 is 2.78 bits per heavy atom. The molecule has 140 valence electrons. The average Bonchev–Trinajstić information content (AvgIpc) is 2.92. The molecule has 1 fully saturated rings. The highest BCUT2D eigenvalue weighted by atomic mass is 16.2. The predicted molar refractivity (Wildman–Crippen MR) is 107 cm³/mol. The van der Waals surface area contributed by atoms with Crippen molar-refractivity contribution in [3.63, 3.8) is 0 Å². The number of nitrogens with zero attached hydrogens (tertiary/aromatic N) is 2. The molecule has 1 atom stereocenters. The lowest BCUT2D eigenvalue weighted by molar-refractivity contribution is 0.0661. The van der Waals surface area contributed by atoms with Crippen molar-refractivity contribution in [3.05, 3.63) is 59.2 Å². The second-order valence-electron chi connectivity index (χ2n) is 7.49. The van der Waals surface area contributed by atoms with Gasteiger partial charge in [-0.1, -0.05) is 18.6 Å². The summed E-state index contributed by atoms with van der Waals surface area (Å²) in [5.41, 5.74) is 3.97. The van der Waals surface area contributed by atoms with Gasteiger partial charge in [0.15, 0.2) is 0 Å². The molecule has 0 radical (unpaired) electrons. The van der Waals surface area contributed by atoms with Crippen LogP contribution in [0.15, 0.2) is 42.5 Å². The Hall–Kier alpha value is -2.82. The molecule has 27 heavy (non-hydrogen) atoms. The van der Waals surface area contributed by atoms with Gasteiger partial charge in [0, 0.05) is 24.8 Å². The van der Waals surface area contributed by atoms with E-state index < -0.39 is 0 Å². The van der Waals surface area contributed by atoms with Crippen molar-refractivity contribution < 1.29 is 9.59 Å². The molecule has 0 aliphatic carbocycles. The lowest BCUT2D eigenvalue weighted by atomic mass is 10.0. The molecule has 1 N–H and O–H groups in total. The maximum atomic E-state index is 13.0. The number of hydrogen-bond donors (Lipinski definition) is 1. The Balaban J connectivity index is 1.63. The Bertz CT molecular complexity index is 893. The maximum Gasteiger partial charge on any atom is 0.257 e. The van der Waals surface area contributed by atoms with Crippen LogP contribution in [0.4, 0.5) is 11.4 Å². The van der Waals surface area contributed by atoms with E-state index in [0.717, 1.165) is 49.2 Å². The first-order valence-corrected chi connectivity index (χ1v) is 9.60. The zero-order valence-corrected chi connectivity index (χ0v) is 15.9. The normalized spacial score (nSPS) is 19.2. The van der Waals surface area contributed by atoms with E-state index in [-0.39, 0.29) is 18.0 Å². The Morgan fingerprint density at radius 2 is 1.96 bits per heavy atom. The van der Waals surface area contributed by atoms with Crippen LogP contribution < -0.4 is 10.2 Å². The van der Waals surface area contributed by atoms with E-state index >= 15 is 0 Å². The minimum Gasteiger partial charge on any atom is -0.354 e. The summed E-state index contributed by atoms with van der Waals surface area (Å²) in [7, 11) is 2.02. The fourth-order valence-electron chi connectivity index (χ4n) is 4.12. The van der Waals surface area contributed by atoms with Crippen LogP contribution in [0.25, 0.3) is 0 Å². The van der Waals surface area contributed by atoms with Crippen LogP contribution in [0.2, 0.25) is 0 Å². The van der Waals surface area contributed by atoms with E-state index in [1.54, 1.807) is 12.1 Å². The number of carbonyl (C=O) groups excluding carboxylic acids is 2. The fraction of sp³-hybridized carbons (Fsp3) is 0.364. The average molecular weight is 363 g/mol. The van der Waals surface area contributed by atoms with Crippen molar-refractivity contribution in [2.45, 2.75) is 38.8 Å².